The van der Waals surface area contributed by atoms with Crippen molar-refractivity contribution in [3.63, 3.8) is 0 Å². The van der Waals surface area contributed by atoms with Crippen molar-refractivity contribution in [2.75, 3.05) is 39.3 Å². The van der Waals surface area contributed by atoms with Gasteiger partial charge >= 0.3 is 0 Å². The lowest BCUT2D eigenvalue weighted by molar-refractivity contribution is -0.0456. The van der Waals surface area contributed by atoms with Crippen LogP contribution in [0.1, 0.15) is 19.4 Å². The second-order valence-electron chi connectivity index (χ2n) is 7.32. The van der Waals surface area contributed by atoms with E-state index in [4.69, 9.17) is 4.74 Å². The molecule has 2 heterocycles. The minimum atomic E-state index is -3.69. The molecule has 2 aliphatic rings. The van der Waals surface area contributed by atoms with E-state index in [0.717, 1.165) is 5.56 Å². The van der Waals surface area contributed by atoms with E-state index in [-0.39, 0.29) is 43.3 Å². The van der Waals surface area contributed by atoms with Crippen molar-refractivity contribution >= 4 is 36.2 Å². The van der Waals surface area contributed by atoms with E-state index in [0.29, 0.717) is 17.6 Å². The Kier molecular flexibility index (Phi) is 6.55. The lowest BCUT2D eigenvalue weighted by Crippen LogP contribution is -2.57. The number of benzene rings is 1. The fourth-order valence-corrected chi connectivity index (χ4v) is 7.90. The molecule has 1 aromatic rings. The average Bonchev–Trinajstić information content (AvgIpc) is 2.60. The van der Waals surface area contributed by atoms with Crippen LogP contribution >= 0.6 is 15.9 Å². The summed E-state index contributed by atoms with van der Waals surface area (Å²) in [7, 11) is -7.33. The summed E-state index contributed by atoms with van der Waals surface area (Å²) in [6, 6.07) is 5.09. The van der Waals surface area contributed by atoms with Crippen LogP contribution in [0, 0.1) is 6.92 Å². The molecule has 0 bridgehead atoms. The highest BCUT2D eigenvalue weighted by Crippen LogP contribution is 2.27. The molecule has 2 atom stereocenters. The number of hydrogen-bond donors (Lipinski definition) is 0. The second kappa shape index (κ2) is 8.29. The summed E-state index contributed by atoms with van der Waals surface area (Å²) in [6.07, 6.45) is -0.335. The van der Waals surface area contributed by atoms with Gasteiger partial charge in [-0.15, -0.1) is 0 Å². The zero-order chi connectivity index (χ0) is 20.7. The Hall–Kier alpha value is -0.560. The van der Waals surface area contributed by atoms with Gasteiger partial charge in [0.05, 0.1) is 17.1 Å². The molecular formula is C17H26BrN3O5S2. The Morgan fingerprint density at radius 2 is 1.46 bits per heavy atom. The second-order valence-corrected chi connectivity index (χ2v) is 12.0. The number of halogens is 1. The number of nitrogens with zero attached hydrogens (tertiary/aromatic N) is 3. The molecule has 2 unspecified atom stereocenters. The van der Waals surface area contributed by atoms with Gasteiger partial charge in [0.15, 0.2) is 0 Å². The largest absolute Gasteiger partial charge is 0.373 e. The van der Waals surface area contributed by atoms with Gasteiger partial charge in [0.25, 0.3) is 10.2 Å². The number of ether oxygens (including phenoxy) is 1. The highest BCUT2D eigenvalue weighted by molar-refractivity contribution is 9.10. The number of rotatable bonds is 4. The standard InChI is InChI=1S/C17H26BrN3O5S2/c1-13-4-5-17(16(18)10-13)27(22,23)19-6-8-20(9-7-19)28(24,25)21-11-14(2)26-15(3)12-21/h4-5,10,14-15H,6-9,11-12H2,1-3H3. The molecule has 3 rings (SSSR count). The van der Waals surface area contributed by atoms with E-state index in [1.54, 1.807) is 18.2 Å². The first kappa shape index (κ1) is 22.1. The molecule has 158 valence electrons. The van der Waals surface area contributed by atoms with Crippen molar-refractivity contribution in [3.05, 3.63) is 28.2 Å². The number of morpholine rings is 1. The van der Waals surface area contributed by atoms with Crippen molar-refractivity contribution in [1.82, 2.24) is 12.9 Å². The van der Waals surface area contributed by atoms with Crippen LogP contribution < -0.4 is 0 Å². The number of hydrogen-bond acceptors (Lipinski definition) is 5. The maximum atomic E-state index is 13.0. The maximum Gasteiger partial charge on any atom is 0.282 e. The van der Waals surface area contributed by atoms with Crippen LogP contribution in [0.15, 0.2) is 27.6 Å². The normalized spacial score (nSPS) is 26.4. The number of sulfonamides is 1. The summed E-state index contributed by atoms with van der Waals surface area (Å²) >= 11 is 3.33. The lowest BCUT2D eigenvalue weighted by Gasteiger charge is -2.40. The third-order valence-corrected chi connectivity index (χ3v) is 9.79. The molecule has 1 aromatic carbocycles. The van der Waals surface area contributed by atoms with E-state index in [1.807, 2.05) is 20.8 Å². The fourth-order valence-electron chi connectivity index (χ4n) is 3.58. The van der Waals surface area contributed by atoms with Crippen molar-refractivity contribution in [2.24, 2.45) is 0 Å². The first-order chi connectivity index (χ1) is 13.0. The number of aryl methyl sites for hydroxylation is 1. The van der Waals surface area contributed by atoms with Crippen molar-refractivity contribution in [2.45, 2.75) is 37.9 Å². The van der Waals surface area contributed by atoms with Gasteiger partial charge in [0, 0.05) is 43.7 Å². The van der Waals surface area contributed by atoms with Gasteiger partial charge < -0.3 is 4.74 Å². The topological polar surface area (TPSA) is 87.2 Å². The van der Waals surface area contributed by atoms with Crippen LogP contribution in [0.2, 0.25) is 0 Å². The summed E-state index contributed by atoms with van der Waals surface area (Å²) in [4.78, 5) is 0.199. The highest BCUT2D eigenvalue weighted by atomic mass is 79.9. The molecule has 0 radical (unpaired) electrons. The molecule has 0 N–H and O–H groups in total. The Balaban J connectivity index is 1.71. The summed E-state index contributed by atoms with van der Waals surface area (Å²) in [5.74, 6) is 0. The Labute approximate surface area is 175 Å². The van der Waals surface area contributed by atoms with Gasteiger partial charge in [-0.25, -0.2) is 8.42 Å². The molecular weight excluding hydrogens is 470 g/mol. The first-order valence-electron chi connectivity index (χ1n) is 9.19. The first-order valence-corrected chi connectivity index (χ1v) is 12.8. The van der Waals surface area contributed by atoms with Crippen LogP contribution in [0.3, 0.4) is 0 Å². The highest BCUT2D eigenvalue weighted by Gasteiger charge is 2.39. The molecule has 2 saturated heterocycles. The van der Waals surface area contributed by atoms with Crippen LogP contribution in [0.5, 0.6) is 0 Å². The Morgan fingerprint density at radius 1 is 0.929 bits per heavy atom. The van der Waals surface area contributed by atoms with E-state index in [2.05, 4.69) is 15.9 Å². The van der Waals surface area contributed by atoms with Gasteiger partial charge in [-0.3, -0.25) is 0 Å². The van der Waals surface area contributed by atoms with Crippen molar-refractivity contribution in [1.29, 1.82) is 0 Å². The van der Waals surface area contributed by atoms with Crippen LogP contribution in [-0.2, 0) is 25.0 Å². The van der Waals surface area contributed by atoms with Gasteiger partial charge in [0.2, 0.25) is 10.0 Å². The summed E-state index contributed by atoms with van der Waals surface area (Å²) < 4.78 is 62.1. The summed E-state index contributed by atoms with van der Waals surface area (Å²) in [5.41, 5.74) is 0.954. The van der Waals surface area contributed by atoms with E-state index >= 15 is 0 Å². The molecule has 0 aromatic heterocycles. The van der Waals surface area contributed by atoms with Crippen molar-refractivity contribution in [3.8, 4) is 0 Å². The third kappa shape index (κ3) is 4.45. The minimum Gasteiger partial charge on any atom is -0.373 e. The molecule has 8 nitrogen and oxygen atoms in total. The quantitative estimate of drug-likeness (QED) is 0.630. The predicted octanol–water partition coefficient (Wildman–Crippen LogP) is 1.42. The van der Waals surface area contributed by atoms with E-state index in [9.17, 15) is 16.8 Å². The van der Waals surface area contributed by atoms with E-state index < -0.39 is 20.2 Å². The molecule has 0 amide bonds. The smallest absolute Gasteiger partial charge is 0.282 e. The van der Waals surface area contributed by atoms with Gasteiger partial charge in [-0.1, -0.05) is 6.07 Å². The monoisotopic (exact) mass is 495 g/mol. The minimum absolute atomic E-state index is 0.122. The molecule has 0 aliphatic carbocycles. The van der Waals surface area contributed by atoms with E-state index in [1.165, 1.54) is 12.9 Å². The van der Waals surface area contributed by atoms with Crippen LogP contribution in [-0.4, -0.2) is 81.2 Å². The maximum absolute atomic E-state index is 13.0. The Bertz CT molecular complexity index is 920. The molecule has 0 spiro atoms. The number of piperazine rings is 1. The van der Waals surface area contributed by atoms with Crippen LogP contribution in [0.25, 0.3) is 0 Å². The molecule has 0 saturated carbocycles. The zero-order valence-electron chi connectivity index (χ0n) is 16.2. The molecule has 2 fully saturated rings. The lowest BCUT2D eigenvalue weighted by atomic mass is 10.2. The van der Waals surface area contributed by atoms with Crippen LogP contribution in [0.4, 0.5) is 0 Å². The molecule has 2 aliphatic heterocycles. The Morgan fingerprint density at radius 3 is 2.00 bits per heavy atom. The molecule has 28 heavy (non-hydrogen) atoms. The van der Waals surface area contributed by atoms with Gasteiger partial charge in [-0.05, 0) is 54.4 Å². The SMILES string of the molecule is Cc1ccc(S(=O)(=O)N2CCN(S(=O)(=O)N3CC(C)OC(C)C3)CC2)c(Br)c1. The summed E-state index contributed by atoms with van der Waals surface area (Å²) in [6.45, 7) is 6.70. The summed E-state index contributed by atoms with van der Waals surface area (Å²) in [5, 5.41) is 0. The zero-order valence-corrected chi connectivity index (χ0v) is 19.4. The predicted molar refractivity (Wildman–Crippen MR) is 110 cm³/mol. The average molecular weight is 496 g/mol. The molecule has 11 heteroatoms. The van der Waals surface area contributed by atoms with Gasteiger partial charge in [-0.2, -0.15) is 21.3 Å². The van der Waals surface area contributed by atoms with Gasteiger partial charge in [0.1, 0.15) is 0 Å². The fraction of sp³-hybridized carbons (Fsp3) is 0.647. The van der Waals surface area contributed by atoms with Crippen molar-refractivity contribution < 1.29 is 21.6 Å². The third-order valence-electron chi connectivity index (χ3n) is 4.94.